The molecule has 2 aliphatic heterocycles. The van der Waals surface area contributed by atoms with Gasteiger partial charge in [0.15, 0.2) is 11.6 Å². The molecule has 1 spiro atoms. The Bertz CT molecular complexity index is 1060. The van der Waals surface area contributed by atoms with Crippen LogP contribution in [0.25, 0.3) is 0 Å². The molecule has 2 amide bonds. The summed E-state index contributed by atoms with van der Waals surface area (Å²) in [6.45, 7) is 2.03. The highest BCUT2D eigenvalue weighted by Crippen LogP contribution is 2.46. The average molecular weight is 456 g/mol. The Morgan fingerprint density at radius 2 is 2.03 bits per heavy atom. The minimum absolute atomic E-state index is 0.0455. The molecule has 174 valence electrons. The SMILES string of the molecule is O=C(CN[C@@H]1C[C@H]1c1cc(F)cc(F)c1OCc1ccccc1)N1CCC2(CCNC2=O)C1. The van der Waals surface area contributed by atoms with Crippen molar-refractivity contribution in [2.75, 3.05) is 26.2 Å². The van der Waals surface area contributed by atoms with Gasteiger partial charge in [0, 0.05) is 43.2 Å². The number of nitrogens with one attached hydrogen (secondary N) is 2. The highest BCUT2D eigenvalue weighted by atomic mass is 19.1. The van der Waals surface area contributed by atoms with E-state index in [1.165, 1.54) is 6.07 Å². The van der Waals surface area contributed by atoms with Gasteiger partial charge >= 0.3 is 0 Å². The molecule has 5 rings (SSSR count). The Hall–Kier alpha value is -3.00. The molecular weight excluding hydrogens is 428 g/mol. The first-order chi connectivity index (χ1) is 15.9. The van der Waals surface area contributed by atoms with Gasteiger partial charge in [0.25, 0.3) is 0 Å². The predicted octanol–water partition coefficient (Wildman–Crippen LogP) is 2.73. The van der Waals surface area contributed by atoms with Crippen molar-refractivity contribution in [3.8, 4) is 5.75 Å². The Balaban J connectivity index is 1.19. The first-order valence-corrected chi connectivity index (χ1v) is 11.4. The maximum Gasteiger partial charge on any atom is 0.236 e. The summed E-state index contributed by atoms with van der Waals surface area (Å²) in [7, 11) is 0. The zero-order valence-corrected chi connectivity index (χ0v) is 18.3. The fourth-order valence-electron chi connectivity index (χ4n) is 5.02. The van der Waals surface area contributed by atoms with E-state index in [4.69, 9.17) is 4.74 Å². The number of amides is 2. The number of ether oxygens (including phenoxy) is 1. The number of halogens is 2. The van der Waals surface area contributed by atoms with Crippen molar-refractivity contribution in [3.05, 3.63) is 65.2 Å². The third-order valence-corrected chi connectivity index (χ3v) is 7.05. The molecule has 33 heavy (non-hydrogen) atoms. The van der Waals surface area contributed by atoms with Crippen molar-refractivity contribution in [1.29, 1.82) is 0 Å². The molecule has 2 aromatic rings. The second kappa shape index (κ2) is 8.74. The third-order valence-electron chi connectivity index (χ3n) is 7.05. The molecule has 3 atom stereocenters. The van der Waals surface area contributed by atoms with E-state index in [1.807, 2.05) is 30.3 Å². The molecule has 0 radical (unpaired) electrons. The van der Waals surface area contributed by atoms with E-state index >= 15 is 0 Å². The molecule has 2 N–H and O–H groups in total. The van der Waals surface area contributed by atoms with Gasteiger partial charge in [-0.25, -0.2) is 8.78 Å². The highest BCUT2D eigenvalue weighted by molar-refractivity contribution is 5.87. The van der Waals surface area contributed by atoms with Crippen LogP contribution in [-0.4, -0.2) is 48.9 Å². The van der Waals surface area contributed by atoms with Crippen molar-refractivity contribution in [3.63, 3.8) is 0 Å². The molecule has 1 aliphatic carbocycles. The molecule has 2 heterocycles. The van der Waals surface area contributed by atoms with Gasteiger partial charge in [-0.1, -0.05) is 30.3 Å². The Kier molecular flexibility index (Phi) is 5.78. The highest BCUT2D eigenvalue weighted by Gasteiger charge is 2.48. The number of carbonyl (C=O) groups is 2. The summed E-state index contributed by atoms with van der Waals surface area (Å²) in [5, 5.41) is 6.09. The second-order valence-electron chi connectivity index (χ2n) is 9.26. The number of nitrogens with zero attached hydrogens (tertiary/aromatic N) is 1. The van der Waals surface area contributed by atoms with Crippen molar-refractivity contribution >= 4 is 11.8 Å². The Morgan fingerprint density at radius 1 is 1.21 bits per heavy atom. The lowest BCUT2D eigenvalue weighted by Gasteiger charge is -2.21. The molecule has 3 fully saturated rings. The fraction of sp³-hybridized carbons (Fsp3) is 0.440. The van der Waals surface area contributed by atoms with Crippen LogP contribution in [0.15, 0.2) is 42.5 Å². The van der Waals surface area contributed by atoms with Crippen molar-refractivity contribution < 1.29 is 23.1 Å². The maximum absolute atomic E-state index is 14.5. The summed E-state index contributed by atoms with van der Waals surface area (Å²) in [5.41, 5.74) is 0.945. The van der Waals surface area contributed by atoms with Gasteiger partial charge < -0.3 is 20.3 Å². The second-order valence-corrected chi connectivity index (χ2v) is 9.26. The van der Waals surface area contributed by atoms with Crippen LogP contribution in [0.4, 0.5) is 8.78 Å². The van der Waals surface area contributed by atoms with Crippen LogP contribution < -0.4 is 15.4 Å². The quantitative estimate of drug-likeness (QED) is 0.674. The van der Waals surface area contributed by atoms with Crippen LogP contribution in [0.2, 0.25) is 0 Å². The van der Waals surface area contributed by atoms with Crippen LogP contribution in [0.3, 0.4) is 0 Å². The Morgan fingerprint density at radius 3 is 2.79 bits per heavy atom. The van der Waals surface area contributed by atoms with Gasteiger partial charge in [-0.15, -0.1) is 0 Å². The summed E-state index contributed by atoms with van der Waals surface area (Å²) < 4.78 is 34.3. The lowest BCUT2D eigenvalue weighted by Crippen LogP contribution is -2.40. The minimum atomic E-state index is -0.722. The van der Waals surface area contributed by atoms with Crippen LogP contribution in [0, 0.1) is 17.0 Å². The maximum atomic E-state index is 14.5. The van der Waals surface area contributed by atoms with E-state index in [-0.39, 0.29) is 42.7 Å². The van der Waals surface area contributed by atoms with E-state index in [1.54, 1.807) is 4.90 Å². The van der Waals surface area contributed by atoms with Crippen LogP contribution in [0.1, 0.15) is 36.3 Å². The summed E-state index contributed by atoms with van der Waals surface area (Å²) in [6.07, 6.45) is 2.14. The molecule has 2 saturated heterocycles. The summed E-state index contributed by atoms with van der Waals surface area (Å²) in [5.74, 6) is -1.44. The summed E-state index contributed by atoms with van der Waals surface area (Å²) in [4.78, 5) is 26.6. The largest absolute Gasteiger partial charge is 0.486 e. The van der Waals surface area contributed by atoms with E-state index in [0.717, 1.165) is 18.1 Å². The number of hydrogen-bond donors (Lipinski definition) is 2. The first kappa shape index (κ1) is 21.8. The zero-order valence-electron chi connectivity index (χ0n) is 18.3. The smallest absolute Gasteiger partial charge is 0.236 e. The van der Waals surface area contributed by atoms with Crippen molar-refractivity contribution in [2.24, 2.45) is 5.41 Å². The normalized spacial score (nSPS) is 26.0. The standard InChI is InChI=1S/C25H27F2N3O3/c26-17-10-19(23(20(27)11-17)33-14-16-4-2-1-3-5-16)18-12-21(18)29-13-22(31)30-9-7-25(15-30)6-8-28-24(25)32/h1-5,10-11,18,21,29H,6-9,12-15H2,(H,28,32)/t18-,21+,25?/m0/s1. The monoisotopic (exact) mass is 455 g/mol. The molecule has 0 bridgehead atoms. The molecule has 0 aromatic heterocycles. The topological polar surface area (TPSA) is 70.7 Å². The van der Waals surface area contributed by atoms with E-state index < -0.39 is 17.0 Å². The van der Waals surface area contributed by atoms with Crippen molar-refractivity contribution in [1.82, 2.24) is 15.5 Å². The molecule has 1 saturated carbocycles. The lowest BCUT2D eigenvalue weighted by molar-refractivity contribution is -0.131. The number of benzene rings is 2. The van der Waals surface area contributed by atoms with E-state index in [2.05, 4.69) is 10.6 Å². The molecule has 8 heteroatoms. The fourth-order valence-corrected chi connectivity index (χ4v) is 5.02. The molecular formula is C25H27F2N3O3. The minimum Gasteiger partial charge on any atom is -0.486 e. The zero-order chi connectivity index (χ0) is 23.0. The van der Waals surface area contributed by atoms with Crippen LogP contribution in [0.5, 0.6) is 5.75 Å². The molecule has 1 unspecified atom stereocenters. The molecule has 2 aromatic carbocycles. The van der Waals surface area contributed by atoms with Gasteiger partial charge in [-0.05, 0) is 30.9 Å². The lowest BCUT2D eigenvalue weighted by atomic mass is 9.86. The number of carbonyl (C=O) groups excluding carboxylic acids is 2. The van der Waals surface area contributed by atoms with Gasteiger partial charge in [0.05, 0.1) is 12.0 Å². The predicted molar refractivity (Wildman–Crippen MR) is 118 cm³/mol. The summed E-state index contributed by atoms with van der Waals surface area (Å²) in [6, 6.07) is 11.5. The average Bonchev–Trinajstić information content (AvgIpc) is 3.31. The van der Waals surface area contributed by atoms with Gasteiger partial charge in [0.1, 0.15) is 12.4 Å². The number of rotatable bonds is 7. The number of likely N-dealkylation sites (tertiary alicyclic amines) is 1. The van der Waals surface area contributed by atoms with Crippen molar-refractivity contribution in [2.45, 2.75) is 37.8 Å². The van der Waals surface area contributed by atoms with Gasteiger partial charge in [-0.2, -0.15) is 0 Å². The van der Waals surface area contributed by atoms with E-state index in [9.17, 15) is 18.4 Å². The molecule has 6 nitrogen and oxygen atoms in total. The summed E-state index contributed by atoms with van der Waals surface area (Å²) >= 11 is 0. The van der Waals surface area contributed by atoms with Gasteiger partial charge in [-0.3, -0.25) is 9.59 Å². The van der Waals surface area contributed by atoms with Crippen LogP contribution >= 0.6 is 0 Å². The van der Waals surface area contributed by atoms with Crippen LogP contribution in [-0.2, 0) is 16.2 Å². The first-order valence-electron chi connectivity index (χ1n) is 11.4. The van der Waals surface area contributed by atoms with Gasteiger partial charge in [0.2, 0.25) is 11.8 Å². The molecule has 3 aliphatic rings. The Labute approximate surface area is 191 Å². The number of hydrogen-bond acceptors (Lipinski definition) is 4. The third kappa shape index (κ3) is 4.44. The van der Waals surface area contributed by atoms with E-state index in [0.29, 0.717) is 38.0 Å².